The third-order valence-electron chi connectivity index (χ3n) is 6.35. The van der Waals surface area contributed by atoms with Crippen molar-refractivity contribution < 1.29 is 17.9 Å². The first-order valence-corrected chi connectivity index (χ1v) is 14.5. The van der Waals surface area contributed by atoms with Crippen LogP contribution in [0.4, 0.5) is 11.5 Å². The van der Waals surface area contributed by atoms with Crippen molar-refractivity contribution in [3.8, 4) is 11.6 Å². The minimum Gasteiger partial charge on any atom is -0.493 e. The number of rotatable bonds is 9. The SMILES string of the molecule is CCOc1cc(N2CCC[C@H](COc3cccc(S(=O)(=O)Nc4ccc(Cl)c5c(Cl)c[nH]c45)c3)C2)ncn1. The summed E-state index contributed by atoms with van der Waals surface area (Å²) in [5, 5.41) is 1.40. The summed E-state index contributed by atoms with van der Waals surface area (Å²) in [5.74, 6) is 2.12. The Morgan fingerprint density at radius 3 is 2.84 bits per heavy atom. The molecule has 0 amide bonds. The number of H-pyrrole nitrogens is 1. The van der Waals surface area contributed by atoms with E-state index in [-0.39, 0.29) is 10.8 Å². The quantitative estimate of drug-likeness (QED) is 0.261. The van der Waals surface area contributed by atoms with E-state index >= 15 is 0 Å². The van der Waals surface area contributed by atoms with E-state index in [2.05, 4.69) is 24.6 Å². The summed E-state index contributed by atoms with van der Waals surface area (Å²) >= 11 is 12.4. The fraction of sp³-hybridized carbons (Fsp3) is 0.308. The fourth-order valence-corrected chi connectivity index (χ4v) is 6.21. The number of fused-ring (bicyclic) bond motifs is 1. The van der Waals surface area contributed by atoms with Crippen LogP contribution >= 0.6 is 23.2 Å². The van der Waals surface area contributed by atoms with Gasteiger partial charge in [-0.2, -0.15) is 0 Å². The Morgan fingerprint density at radius 2 is 2.00 bits per heavy atom. The van der Waals surface area contributed by atoms with Gasteiger partial charge in [0.15, 0.2) is 0 Å². The van der Waals surface area contributed by atoms with Gasteiger partial charge >= 0.3 is 0 Å². The Labute approximate surface area is 231 Å². The summed E-state index contributed by atoms with van der Waals surface area (Å²) in [7, 11) is -3.90. The first-order valence-electron chi connectivity index (χ1n) is 12.2. The van der Waals surface area contributed by atoms with Crippen LogP contribution in [0.3, 0.4) is 0 Å². The number of anilines is 2. The number of aromatic nitrogens is 3. The molecule has 9 nitrogen and oxygen atoms in total. The predicted molar refractivity (Wildman–Crippen MR) is 149 cm³/mol. The van der Waals surface area contributed by atoms with Crippen LogP contribution in [0.15, 0.2) is 59.9 Å². The molecule has 0 saturated carbocycles. The summed E-state index contributed by atoms with van der Waals surface area (Å²) in [5.41, 5.74) is 0.861. The molecule has 2 aromatic heterocycles. The Morgan fingerprint density at radius 1 is 1.13 bits per heavy atom. The minimum atomic E-state index is -3.90. The maximum atomic E-state index is 13.2. The molecule has 0 spiro atoms. The van der Waals surface area contributed by atoms with Crippen molar-refractivity contribution in [1.29, 1.82) is 0 Å². The van der Waals surface area contributed by atoms with Gasteiger partial charge in [0.1, 0.15) is 17.9 Å². The number of piperidine rings is 1. The lowest BCUT2D eigenvalue weighted by atomic mass is 9.99. The van der Waals surface area contributed by atoms with Crippen molar-refractivity contribution >= 4 is 55.6 Å². The largest absolute Gasteiger partial charge is 0.493 e. The number of ether oxygens (including phenoxy) is 2. The number of hydrogen-bond acceptors (Lipinski definition) is 7. The van der Waals surface area contributed by atoms with Gasteiger partial charge in [-0.15, -0.1) is 0 Å². The monoisotopic (exact) mass is 575 g/mol. The average Bonchev–Trinajstić information content (AvgIpc) is 3.32. The van der Waals surface area contributed by atoms with Gasteiger partial charge in [-0.1, -0.05) is 29.3 Å². The molecule has 1 fully saturated rings. The Bertz CT molecular complexity index is 1550. The first kappa shape index (κ1) is 26.4. The topological polar surface area (TPSA) is 109 Å². The molecule has 1 atom stereocenters. The summed E-state index contributed by atoms with van der Waals surface area (Å²) in [4.78, 5) is 13.8. The van der Waals surface area contributed by atoms with E-state index in [1.165, 1.54) is 18.5 Å². The van der Waals surface area contributed by atoms with Crippen LogP contribution in [0, 0.1) is 5.92 Å². The van der Waals surface area contributed by atoms with E-state index < -0.39 is 10.0 Å². The highest BCUT2D eigenvalue weighted by Gasteiger charge is 2.23. The van der Waals surface area contributed by atoms with Gasteiger partial charge in [0.2, 0.25) is 5.88 Å². The van der Waals surface area contributed by atoms with Gasteiger partial charge < -0.3 is 19.4 Å². The second kappa shape index (κ2) is 11.3. The average molecular weight is 577 g/mol. The van der Waals surface area contributed by atoms with Gasteiger partial charge in [-0.05, 0) is 44.0 Å². The third-order valence-corrected chi connectivity index (χ3v) is 8.32. The number of halogens is 2. The molecule has 2 aromatic carbocycles. The number of hydrogen-bond donors (Lipinski definition) is 2. The number of aromatic amines is 1. The molecule has 200 valence electrons. The lowest BCUT2D eigenvalue weighted by molar-refractivity contribution is 0.228. The number of sulfonamides is 1. The Hall–Kier alpha value is -3.21. The molecular weight excluding hydrogens is 549 g/mol. The van der Waals surface area contributed by atoms with Gasteiger partial charge in [-0.3, -0.25) is 4.72 Å². The second-order valence-corrected chi connectivity index (χ2v) is 11.5. The van der Waals surface area contributed by atoms with Crippen molar-refractivity contribution in [2.75, 3.05) is 35.9 Å². The fourth-order valence-electron chi connectivity index (χ4n) is 4.54. The highest BCUT2D eigenvalue weighted by Crippen LogP contribution is 2.35. The normalized spacial score (nSPS) is 16.0. The molecule has 12 heteroatoms. The molecule has 0 unspecified atom stereocenters. The number of nitrogens with one attached hydrogen (secondary N) is 2. The molecule has 1 saturated heterocycles. The molecule has 2 N–H and O–H groups in total. The van der Waals surface area contributed by atoms with E-state index in [1.807, 2.05) is 13.0 Å². The molecule has 5 rings (SSSR count). The summed E-state index contributed by atoms with van der Waals surface area (Å²) in [6.45, 7) is 4.58. The lowest BCUT2D eigenvalue weighted by Gasteiger charge is -2.33. The van der Waals surface area contributed by atoms with Crippen molar-refractivity contribution in [3.05, 3.63) is 65.0 Å². The molecule has 0 radical (unpaired) electrons. The number of benzene rings is 2. The first-order chi connectivity index (χ1) is 18.3. The van der Waals surface area contributed by atoms with E-state index in [0.29, 0.717) is 51.5 Å². The maximum absolute atomic E-state index is 13.2. The van der Waals surface area contributed by atoms with Crippen LogP contribution < -0.4 is 19.1 Å². The van der Waals surface area contributed by atoms with Crippen LogP contribution in [0.2, 0.25) is 10.0 Å². The van der Waals surface area contributed by atoms with Gasteiger partial charge in [0, 0.05) is 42.7 Å². The van der Waals surface area contributed by atoms with E-state index in [9.17, 15) is 8.42 Å². The molecular formula is C26H27Cl2N5O4S. The second-order valence-electron chi connectivity index (χ2n) is 8.97. The van der Waals surface area contributed by atoms with E-state index in [0.717, 1.165) is 31.7 Å². The zero-order chi connectivity index (χ0) is 26.7. The molecule has 38 heavy (non-hydrogen) atoms. The molecule has 1 aliphatic rings. The van der Waals surface area contributed by atoms with E-state index in [4.69, 9.17) is 32.7 Å². The van der Waals surface area contributed by atoms with Crippen LogP contribution in [-0.4, -0.2) is 49.7 Å². The van der Waals surface area contributed by atoms with Gasteiger partial charge in [0.05, 0.1) is 39.4 Å². The Kier molecular flexibility index (Phi) is 7.83. The van der Waals surface area contributed by atoms with Crippen LogP contribution in [0.1, 0.15) is 19.8 Å². The number of nitrogens with zero attached hydrogens (tertiary/aromatic N) is 3. The smallest absolute Gasteiger partial charge is 0.262 e. The lowest BCUT2D eigenvalue weighted by Crippen LogP contribution is -2.38. The highest BCUT2D eigenvalue weighted by atomic mass is 35.5. The van der Waals surface area contributed by atoms with Crippen molar-refractivity contribution in [1.82, 2.24) is 15.0 Å². The minimum absolute atomic E-state index is 0.0884. The van der Waals surface area contributed by atoms with Crippen molar-refractivity contribution in [2.24, 2.45) is 5.92 Å². The molecule has 3 heterocycles. The molecule has 1 aliphatic heterocycles. The standard InChI is InChI=1S/C26H27Cl2N5O4S/c1-2-36-24-12-23(30-16-31-24)33-10-4-5-17(14-33)15-37-18-6-3-7-19(11-18)38(34,35)32-22-9-8-20(27)25-21(28)13-29-26(22)25/h3,6-9,11-13,16-17,29,32H,2,4-5,10,14-15H2,1H3/t17-/m0/s1. The summed E-state index contributed by atoms with van der Waals surface area (Å²) in [6, 6.07) is 11.5. The van der Waals surface area contributed by atoms with Crippen LogP contribution in [0.25, 0.3) is 10.9 Å². The molecule has 0 aliphatic carbocycles. The summed E-state index contributed by atoms with van der Waals surface area (Å²) in [6.07, 6.45) is 5.09. The van der Waals surface area contributed by atoms with Crippen molar-refractivity contribution in [3.63, 3.8) is 0 Å². The van der Waals surface area contributed by atoms with Gasteiger partial charge in [0.25, 0.3) is 10.0 Å². The molecule has 4 aromatic rings. The highest BCUT2D eigenvalue weighted by molar-refractivity contribution is 7.92. The maximum Gasteiger partial charge on any atom is 0.262 e. The summed E-state index contributed by atoms with van der Waals surface area (Å²) < 4.78 is 40.6. The predicted octanol–water partition coefficient (Wildman–Crippen LogP) is 5.76. The van der Waals surface area contributed by atoms with Crippen LogP contribution in [-0.2, 0) is 10.0 Å². The van der Waals surface area contributed by atoms with Crippen molar-refractivity contribution in [2.45, 2.75) is 24.7 Å². The van der Waals surface area contributed by atoms with Crippen LogP contribution in [0.5, 0.6) is 11.6 Å². The van der Waals surface area contributed by atoms with E-state index in [1.54, 1.807) is 30.5 Å². The van der Waals surface area contributed by atoms with Gasteiger partial charge in [-0.25, -0.2) is 18.4 Å². The zero-order valence-electron chi connectivity index (χ0n) is 20.7. The Balaban J connectivity index is 1.25. The zero-order valence-corrected chi connectivity index (χ0v) is 23.0. The molecule has 0 bridgehead atoms. The third kappa shape index (κ3) is 5.77.